The van der Waals surface area contributed by atoms with E-state index >= 15 is 0 Å². The summed E-state index contributed by atoms with van der Waals surface area (Å²) in [6, 6.07) is 12.1. The standard InChI is InChI=1S/C18H15ClN2O5/c19-15-9-8-13(21(24)25)10-14(15)18(23)26-16(11-4-2-1-3-5-11)17(22)20-12-6-7-12/h1-5,8-10,12,16H,6-7H2,(H,20,22)/t16-/m1/s1. The van der Waals surface area contributed by atoms with Crippen molar-refractivity contribution in [2.24, 2.45) is 0 Å². The van der Waals surface area contributed by atoms with E-state index in [1.165, 1.54) is 12.1 Å². The number of amides is 1. The molecule has 1 N–H and O–H groups in total. The normalized spacial score (nSPS) is 14.3. The summed E-state index contributed by atoms with van der Waals surface area (Å²) in [7, 11) is 0. The largest absolute Gasteiger partial charge is 0.444 e. The molecule has 0 heterocycles. The second kappa shape index (κ2) is 7.53. The van der Waals surface area contributed by atoms with Crippen LogP contribution in [0.1, 0.15) is 34.9 Å². The van der Waals surface area contributed by atoms with E-state index in [9.17, 15) is 19.7 Å². The molecule has 0 unspecified atom stereocenters. The molecule has 0 aliphatic heterocycles. The molecular formula is C18H15ClN2O5. The number of carbonyl (C=O) groups is 2. The molecule has 1 atom stereocenters. The lowest BCUT2D eigenvalue weighted by Crippen LogP contribution is -2.33. The molecule has 3 rings (SSSR count). The monoisotopic (exact) mass is 374 g/mol. The van der Waals surface area contributed by atoms with Gasteiger partial charge in [0, 0.05) is 23.7 Å². The molecule has 2 aromatic carbocycles. The zero-order valence-corrected chi connectivity index (χ0v) is 14.3. The van der Waals surface area contributed by atoms with Gasteiger partial charge in [-0.25, -0.2) is 4.79 Å². The number of carbonyl (C=O) groups excluding carboxylic acids is 2. The Morgan fingerprint density at radius 1 is 1.19 bits per heavy atom. The number of benzene rings is 2. The van der Waals surface area contributed by atoms with E-state index in [4.69, 9.17) is 16.3 Å². The molecule has 26 heavy (non-hydrogen) atoms. The Hall–Kier alpha value is -2.93. The summed E-state index contributed by atoms with van der Waals surface area (Å²) in [5.41, 5.74) is 0.0432. The predicted molar refractivity (Wildman–Crippen MR) is 93.9 cm³/mol. The van der Waals surface area contributed by atoms with Gasteiger partial charge in [-0.3, -0.25) is 14.9 Å². The molecule has 2 aromatic rings. The van der Waals surface area contributed by atoms with Crippen molar-refractivity contribution in [3.63, 3.8) is 0 Å². The van der Waals surface area contributed by atoms with E-state index in [0.29, 0.717) is 5.56 Å². The molecular weight excluding hydrogens is 360 g/mol. The van der Waals surface area contributed by atoms with Crippen LogP contribution in [0.25, 0.3) is 0 Å². The van der Waals surface area contributed by atoms with Crippen molar-refractivity contribution in [2.45, 2.75) is 25.0 Å². The molecule has 1 aliphatic carbocycles. The van der Waals surface area contributed by atoms with E-state index in [1.54, 1.807) is 30.3 Å². The maximum absolute atomic E-state index is 12.5. The van der Waals surface area contributed by atoms with Crippen LogP contribution in [0.4, 0.5) is 5.69 Å². The van der Waals surface area contributed by atoms with Gasteiger partial charge in [0.15, 0.2) is 0 Å². The third-order valence-electron chi connectivity index (χ3n) is 3.87. The van der Waals surface area contributed by atoms with Crippen LogP contribution in [0.15, 0.2) is 48.5 Å². The zero-order valence-electron chi connectivity index (χ0n) is 13.6. The van der Waals surface area contributed by atoms with Crippen molar-refractivity contribution in [3.05, 3.63) is 74.8 Å². The fraction of sp³-hybridized carbons (Fsp3) is 0.222. The van der Waals surface area contributed by atoms with Crippen molar-refractivity contribution in [2.75, 3.05) is 0 Å². The molecule has 8 heteroatoms. The quantitative estimate of drug-likeness (QED) is 0.474. The van der Waals surface area contributed by atoms with Crippen molar-refractivity contribution in [3.8, 4) is 0 Å². The molecule has 134 valence electrons. The smallest absolute Gasteiger partial charge is 0.341 e. The molecule has 0 radical (unpaired) electrons. The van der Waals surface area contributed by atoms with Gasteiger partial charge >= 0.3 is 5.97 Å². The van der Waals surface area contributed by atoms with Crippen LogP contribution in [0.2, 0.25) is 5.02 Å². The Morgan fingerprint density at radius 2 is 1.88 bits per heavy atom. The summed E-state index contributed by atoms with van der Waals surface area (Å²) in [4.78, 5) is 35.3. The van der Waals surface area contributed by atoms with Gasteiger partial charge in [-0.1, -0.05) is 41.9 Å². The minimum Gasteiger partial charge on any atom is -0.444 e. The third-order valence-corrected chi connectivity index (χ3v) is 4.20. The molecule has 0 spiro atoms. The SMILES string of the molecule is O=C(O[C@@H](C(=O)NC1CC1)c1ccccc1)c1cc([N+](=O)[O-])ccc1Cl. The highest BCUT2D eigenvalue weighted by molar-refractivity contribution is 6.33. The van der Waals surface area contributed by atoms with E-state index < -0.39 is 22.9 Å². The molecule has 0 bridgehead atoms. The topological polar surface area (TPSA) is 98.5 Å². The molecule has 0 saturated heterocycles. The van der Waals surface area contributed by atoms with E-state index in [0.717, 1.165) is 18.9 Å². The van der Waals surface area contributed by atoms with Crippen LogP contribution < -0.4 is 5.32 Å². The number of hydrogen-bond donors (Lipinski definition) is 1. The van der Waals surface area contributed by atoms with Crippen LogP contribution in [0.5, 0.6) is 0 Å². The molecule has 1 amide bonds. The number of ether oxygens (including phenoxy) is 1. The fourth-order valence-corrected chi connectivity index (χ4v) is 2.55. The van der Waals surface area contributed by atoms with Crippen molar-refractivity contribution in [1.29, 1.82) is 0 Å². The first-order valence-electron chi connectivity index (χ1n) is 7.96. The highest BCUT2D eigenvalue weighted by Crippen LogP contribution is 2.27. The molecule has 0 aromatic heterocycles. The first-order valence-corrected chi connectivity index (χ1v) is 8.34. The van der Waals surface area contributed by atoms with Gasteiger partial charge in [0.25, 0.3) is 11.6 Å². The Balaban J connectivity index is 1.86. The Morgan fingerprint density at radius 3 is 2.50 bits per heavy atom. The minimum absolute atomic E-state index is 0.00927. The number of nitro benzene ring substituents is 1. The van der Waals surface area contributed by atoms with Crippen LogP contribution in [0, 0.1) is 10.1 Å². The van der Waals surface area contributed by atoms with Crippen LogP contribution in [-0.4, -0.2) is 22.8 Å². The lowest BCUT2D eigenvalue weighted by atomic mass is 10.1. The fourth-order valence-electron chi connectivity index (χ4n) is 2.36. The summed E-state index contributed by atoms with van der Waals surface area (Å²) in [6.45, 7) is 0. The summed E-state index contributed by atoms with van der Waals surface area (Å²) in [5, 5.41) is 13.7. The van der Waals surface area contributed by atoms with E-state index in [1.807, 2.05) is 0 Å². The Labute approximate surface area is 154 Å². The van der Waals surface area contributed by atoms with Crippen molar-refractivity contribution in [1.82, 2.24) is 5.32 Å². The number of non-ortho nitro benzene ring substituents is 1. The van der Waals surface area contributed by atoms with Gasteiger partial charge in [-0.15, -0.1) is 0 Å². The lowest BCUT2D eigenvalue weighted by molar-refractivity contribution is -0.384. The second-order valence-corrected chi connectivity index (χ2v) is 6.31. The Bertz CT molecular complexity index is 852. The van der Waals surface area contributed by atoms with Crippen molar-refractivity contribution >= 4 is 29.2 Å². The maximum Gasteiger partial charge on any atom is 0.341 e. The van der Waals surface area contributed by atoms with Gasteiger partial charge < -0.3 is 10.1 Å². The summed E-state index contributed by atoms with van der Waals surface area (Å²) in [5.74, 6) is -1.34. The maximum atomic E-state index is 12.5. The average molecular weight is 375 g/mol. The lowest BCUT2D eigenvalue weighted by Gasteiger charge is -2.18. The van der Waals surface area contributed by atoms with Crippen LogP contribution in [0.3, 0.4) is 0 Å². The first kappa shape index (κ1) is 17.9. The molecule has 1 saturated carbocycles. The number of nitro groups is 1. The Kier molecular flexibility index (Phi) is 5.18. The summed E-state index contributed by atoms with van der Waals surface area (Å²) < 4.78 is 5.37. The first-order chi connectivity index (χ1) is 12.5. The zero-order chi connectivity index (χ0) is 18.7. The van der Waals surface area contributed by atoms with Gasteiger partial charge in [0.1, 0.15) is 0 Å². The average Bonchev–Trinajstić information content (AvgIpc) is 3.44. The molecule has 1 aliphatic rings. The summed E-state index contributed by atoms with van der Waals surface area (Å²) >= 11 is 5.98. The van der Waals surface area contributed by atoms with E-state index in [2.05, 4.69) is 5.32 Å². The molecule has 7 nitrogen and oxygen atoms in total. The number of hydrogen-bond acceptors (Lipinski definition) is 5. The van der Waals surface area contributed by atoms with Gasteiger partial charge in [-0.05, 0) is 18.9 Å². The second-order valence-electron chi connectivity index (χ2n) is 5.90. The van der Waals surface area contributed by atoms with Crippen LogP contribution in [-0.2, 0) is 9.53 Å². The minimum atomic E-state index is -1.17. The third kappa shape index (κ3) is 4.18. The van der Waals surface area contributed by atoms with Gasteiger partial charge in [0.2, 0.25) is 6.10 Å². The number of halogens is 1. The van der Waals surface area contributed by atoms with Crippen molar-refractivity contribution < 1.29 is 19.2 Å². The van der Waals surface area contributed by atoms with E-state index in [-0.39, 0.29) is 22.3 Å². The van der Waals surface area contributed by atoms with Gasteiger partial charge in [0.05, 0.1) is 15.5 Å². The number of esters is 1. The highest BCUT2D eigenvalue weighted by atomic mass is 35.5. The summed E-state index contributed by atoms with van der Waals surface area (Å²) in [6.07, 6.45) is 0.607. The predicted octanol–water partition coefficient (Wildman–Crippen LogP) is 3.42. The highest BCUT2D eigenvalue weighted by Gasteiger charge is 2.31. The molecule has 1 fully saturated rings. The van der Waals surface area contributed by atoms with Gasteiger partial charge in [-0.2, -0.15) is 0 Å². The van der Waals surface area contributed by atoms with Crippen LogP contribution >= 0.6 is 11.6 Å². The number of nitrogens with zero attached hydrogens (tertiary/aromatic N) is 1. The number of rotatable bonds is 6. The number of nitrogens with one attached hydrogen (secondary N) is 1.